The summed E-state index contributed by atoms with van der Waals surface area (Å²) in [4.78, 5) is 23.0. The van der Waals surface area contributed by atoms with Crippen molar-refractivity contribution in [3.8, 4) is 5.75 Å². The van der Waals surface area contributed by atoms with Crippen LogP contribution in [0, 0.1) is 0 Å². The van der Waals surface area contributed by atoms with Crippen molar-refractivity contribution in [3.05, 3.63) is 65.7 Å². The van der Waals surface area contributed by atoms with Gasteiger partial charge in [0, 0.05) is 0 Å². The molecule has 0 spiro atoms. The minimum absolute atomic E-state index is 0.194. The fourth-order valence-electron chi connectivity index (χ4n) is 2.40. The maximum atomic E-state index is 12.6. The van der Waals surface area contributed by atoms with E-state index in [1.807, 2.05) is 30.3 Å². The number of para-hydroxylation sites is 1. The predicted octanol–water partition coefficient (Wildman–Crippen LogP) is 1.62. The third-order valence-corrected chi connectivity index (χ3v) is 3.61. The number of nitrogens with zero attached hydrogens (tertiary/aromatic N) is 2. The van der Waals surface area contributed by atoms with E-state index in [2.05, 4.69) is 5.10 Å². The molecule has 0 aromatic heterocycles. The molecule has 25 heavy (non-hydrogen) atoms. The number of hydrazone groups is 1. The number of hydrogen-bond donors (Lipinski definition) is 0. The zero-order valence-electron chi connectivity index (χ0n) is 13.5. The fourth-order valence-corrected chi connectivity index (χ4v) is 2.40. The summed E-state index contributed by atoms with van der Waals surface area (Å²) in [6, 6.07) is 16.0. The van der Waals surface area contributed by atoms with Gasteiger partial charge in [0.25, 0.3) is 5.91 Å². The van der Waals surface area contributed by atoms with Crippen LogP contribution >= 0.6 is 0 Å². The molecule has 0 atom stereocenters. The summed E-state index contributed by atoms with van der Waals surface area (Å²) in [6.45, 7) is 1.28. The standard InChI is InChI=1S/C19H16N2O4/c1-13-17(19(24)21(20-13)15-5-3-2-4-6-15)11-14-7-9-16(10-8-14)25-12-18(22)23/h2-11H,12H2,1H3,(H,22,23)/p-1/b17-11-. The summed E-state index contributed by atoms with van der Waals surface area (Å²) < 4.78 is 5.03. The molecule has 0 aliphatic carbocycles. The molecule has 2 aromatic carbocycles. The molecule has 126 valence electrons. The van der Waals surface area contributed by atoms with E-state index in [0.29, 0.717) is 22.7 Å². The Morgan fingerprint density at radius 2 is 1.84 bits per heavy atom. The summed E-state index contributed by atoms with van der Waals surface area (Å²) in [5.41, 5.74) is 2.63. The molecule has 0 bridgehead atoms. The fraction of sp³-hybridized carbons (Fsp3) is 0.105. The highest BCUT2D eigenvalue weighted by molar-refractivity contribution is 6.32. The summed E-state index contributed by atoms with van der Waals surface area (Å²) in [6.07, 6.45) is 1.74. The first-order valence-electron chi connectivity index (χ1n) is 7.64. The molecule has 1 aliphatic rings. The minimum Gasteiger partial charge on any atom is -0.546 e. The number of aliphatic carboxylic acids is 1. The number of carboxylic acid groups (broad SMARTS) is 1. The highest BCUT2D eigenvalue weighted by atomic mass is 16.5. The van der Waals surface area contributed by atoms with Gasteiger partial charge in [0.15, 0.2) is 0 Å². The van der Waals surface area contributed by atoms with Gasteiger partial charge >= 0.3 is 0 Å². The van der Waals surface area contributed by atoms with Crippen LogP contribution in [0.2, 0.25) is 0 Å². The van der Waals surface area contributed by atoms with Gasteiger partial charge in [-0.15, -0.1) is 0 Å². The largest absolute Gasteiger partial charge is 0.546 e. The smallest absolute Gasteiger partial charge is 0.280 e. The van der Waals surface area contributed by atoms with Crippen molar-refractivity contribution in [2.45, 2.75) is 6.92 Å². The molecule has 1 aliphatic heterocycles. The summed E-state index contributed by atoms with van der Waals surface area (Å²) >= 11 is 0. The number of ether oxygens (including phenoxy) is 1. The van der Waals surface area contributed by atoms with Crippen molar-refractivity contribution in [1.29, 1.82) is 0 Å². The van der Waals surface area contributed by atoms with Gasteiger partial charge < -0.3 is 14.6 Å². The van der Waals surface area contributed by atoms with Crippen molar-refractivity contribution < 1.29 is 19.4 Å². The summed E-state index contributed by atoms with van der Waals surface area (Å²) in [5.74, 6) is -1.06. The molecular formula is C19H15N2O4-. The Labute approximate surface area is 144 Å². The van der Waals surface area contributed by atoms with Crippen LogP contribution < -0.4 is 14.9 Å². The number of anilines is 1. The monoisotopic (exact) mass is 335 g/mol. The second kappa shape index (κ2) is 7.00. The van der Waals surface area contributed by atoms with Crippen LogP contribution in [0.1, 0.15) is 12.5 Å². The number of amides is 1. The first-order chi connectivity index (χ1) is 12.0. The predicted molar refractivity (Wildman–Crippen MR) is 92.0 cm³/mol. The lowest BCUT2D eigenvalue weighted by Gasteiger charge is -2.11. The van der Waals surface area contributed by atoms with E-state index in [0.717, 1.165) is 5.56 Å². The SMILES string of the molecule is CC1=NN(c2ccccc2)C(=O)/C1=C\c1ccc(OCC(=O)[O-])cc1. The first kappa shape index (κ1) is 16.4. The van der Waals surface area contributed by atoms with E-state index >= 15 is 0 Å². The molecule has 1 amide bonds. The Bertz CT molecular complexity index is 855. The molecule has 3 rings (SSSR count). The van der Waals surface area contributed by atoms with Gasteiger partial charge in [0.05, 0.1) is 22.9 Å². The van der Waals surface area contributed by atoms with Crippen LogP contribution in [-0.4, -0.2) is 24.2 Å². The third-order valence-electron chi connectivity index (χ3n) is 3.61. The lowest BCUT2D eigenvalue weighted by atomic mass is 10.1. The molecular weight excluding hydrogens is 320 g/mol. The lowest BCUT2D eigenvalue weighted by molar-refractivity contribution is -0.307. The molecule has 2 aromatic rings. The van der Waals surface area contributed by atoms with Gasteiger partial charge in [0.1, 0.15) is 12.4 Å². The normalized spacial score (nSPS) is 15.4. The first-order valence-corrected chi connectivity index (χ1v) is 7.64. The average Bonchev–Trinajstić information content (AvgIpc) is 2.90. The Kier molecular flexibility index (Phi) is 4.61. The number of carbonyl (C=O) groups excluding carboxylic acids is 2. The van der Waals surface area contributed by atoms with Crippen LogP contribution in [-0.2, 0) is 9.59 Å². The van der Waals surface area contributed by atoms with Crippen molar-refractivity contribution in [1.82, 2.24) is 0 Å². The Morgan fingerprint density at radius 3 is 2.48 bits per heavy atom. The number of carbonyl (C=O) groups is 2. The van der Waals surface area contributed by atoms with Gasteiger partial charge in [-0.05, 0) is 42.8 Å². The molecule has 0 saturated heterocycles. The molecule has 0 saturated carbocycles. The minimum atomic E-state index is -1.28. The molecule has 6 nitrogen and oxygen atoms in total. The van der Waals surface area contributed by atoms with Gasteiger partial charge in [0.2, 0.25) is 0 Å². The number of hydrogen-bond acceptors (Lipinski definition) is 5. The quantitative estimate of drug-likeness (QED) is 0.778. The zero-order valence-corrected chi connectivity index (χ0v) is 13.5. The average molecular weight is 335 g/mol. The van der Waals surface area contributed by atoms with Crippen molar-refractivity contribution in [2.75, 3.05) is 11.6 Å². The van der Waals surface area contributed by atoms with E-state index in [4.69, 9.17) is 4.74 Å². The molecule has 0 N–H and O–H groups in total. The number of benzene rings is 2. The molecule has 6 heteroatoms. The third kappa shape index (κ3) is 3.74. The highest BCUT2D eigenvalue weighted by Gasteiger charge is 2.28. The molecule has 0 unspecified atom stereocenters. The van der Waals surface area contributed by atoms with E-state index in [1.54, 1.807) is 37.3 Å². The van der Waals surface area contributed by atoms with Gasteiger partial charge in [-0.2, -0.15) is 10.1 Å². The lowest BCUT2D eigenvalue weighted by Crippen LogP contribution is -2.28. The van der Waals surface area contributed by atoms with Crippen LogP contribution in [0.25, 0.3) is 6.08 Å². The van der Waals surface area contributed by atoms with E-state index in [9.17, 15) is 14.7 Å². The Hall–Kier alpha value is -3.41. The van der Waals surface area contributed by atoms with Gasteiger partial charge in [-0.25, -0.2) is 0 Å². The van der Waals surface area contributed by atoms with Crippen molar-refractivity contribution in [2.24, 2.45) is 5.10 Å². The van der Waals surface area contributed by atoms with E-state index in [1.165, 1.54) is 5.01 Å². The van der Waals surface area contributed by atoms with Gasteiger partial charge in [-0.1, -0.05) is 30.3 Å². The van der Waals surface area contributed by atoms with Crippen LogP contribution in [0.3, 0.4) is 0 Å². The van der Waals surface area contributed by atoms with Gasteiger partial charge in [-0.3, -0.25) is 4.79 Å². The van der Waals surface area contributed by atoms with Crippen LogP contribution in [0.15, 0.2) is 65.3 Å². The highest BCUT2D eigenvalue weighted by Crippen LogP contribution is 2.25. The second-order valence-electron chi connectivity index (χ2n) is 5.43. The van der Waals surface area contributed by atoms with Crippen LogP contribution in [0.4, 0.5) is 5.69 Å². The van der Waals surface area contributed by atoms with Crippen LogP contribution in [0.5, 0.6) is 5.75 Å². The molecule has 0 fully saturated rings. The zero-order chi connectivity index (χ0) is 17.8. The summed E-state index contributed by atoms with van der Waals surface area (Å²) in [7, 11) is 0. The number of rotatable bonds is 5. The van der Waals surface area contributed by atoms with Crippen molar-refractivity contribution >= 4 is 29.4 Å². The number of carboxylic acids is 1. The van der Waals surface area contributed by atoms with E-state index in [-0.39, 0.29) is 5.91 Å². The topological polar surface area (TPSA) is 82.0 Å². The maximum Gasteiger partial charge on any atom is 0.280 e. The second-order valence-corrected chi connectivity index (χ2v) is 5.43. The molecule has 0 radical (unpaired) electrons. The van der Waals surface area contributed by atoms with E-state index < -0.39 is 12.6 Å². The summed E-state index contributed by atoms with van der Waals surface area (Å²) in [5, 5.41) is 16.1. The molecule has 1 heterocycles. The maximum absolute atomic E-state index is 12.6. The Balaban J connectivity index is 1.78. The Morgan fingerprint density at radius 1 is 1.16 bits per heavy atom. The van der Waals surface area contributed by atoms with Crippen molar-refractivity contribution in [3.63, 3.8) is 0 Å².